The van der Waals surface area contributed by atoms with E-state index in [1.807, 2.05) is 0 Å². The van der Waals surface area contributed by atoms with Crippen molar-refractivity contribution in [2.75, 3.05) is 6.61 Å². The summed E-state index contributed by atoms with van der Waals surface area (Å²) in [5.41, 5.74) is 0. The number of hydrogen-bond acceptors (Lipinski definition) is 11. The Morgan fingerprint density at radius 3 is 1.39 bits per heavy atom. The molecule has 1 amide bonds. The molecule has 0 heterocycles. The Morgan fingerprint density at radius 2 is 0.966 bits per heavy atom. The maximum absolute atomic E-state index is 13.0. The molecular weight excluding hydrogens is 777 g/mol. The quantitative estimate of drug-likeness (QED) is 0.0164. The smallest absolute Gasteiger partial charge is 0.393 e. The second-order valence-electron chi connectivity index (χ2n) is 17.2. The fourth-order valence-electron chi connectivity index (χ4n) is 7.71. The van der Waals surface area contributed by atoms with Crippen LogP contribution in [-0.2, 0) is 18.4 Å². The van der Waals surface area contributed by atoms with E-state index in [0.717, 1.165) is 44.9 Å². The minimum atomic E-state index is -5.13. The molecule has 14 heteroatoms. The van der Waals surface area contributed by atoms with E-state index < -0.39 is 75.2 Å². The van der Waals surface area contributed by atoms with E-state index in [1.165, 1.54) is 134 Å². The number of aliphatic hydroxyl groups excluding tert-OH is 7. The number of carbonyl (C=O) groups excluding carboxylic acids is 1. The zero-order valence-corrected chi connectivity index (χ0v) is 37.8. The topological polar surface area (TPSA) is 226 Å². The molecule has 1 aliphatic rings. The van der Waals surface area contributed by atoms with Crippen molar-refractivity contribution >= 4 is 13.7 Å². The monoisotopic (exact) mass is 866 g/mol. The zero-order chi connectivity index (χ0) is 43.7. The van der Waals surface area contributed by atoms with Crippen LogP contribution in [0.2, 0.25) is 0 Å². The average Bonchev–Trinajstić information content (AvgIpc) is 3.21. The van der Waals surface area contributed by atoms with Crippen molar-refractivity contribution in [3.8, 4) is 0 Å². The Kier molecular flexibility index (Phi) is 33.7. The molecule has 0 aromatic heterocycles. The average molecular weight is 866 g/mol. The van der Waals surface area contributed by atoms with E-state index in [4.69, 9.17) is 9.05 Å². The predicted molar refractivity (Wildman–Crippen MR) is 234 cm³/mol. The summed E-state index contributed by atoms with van der Waals surface area (Å²) in [5.74, 6) is -0.591. The van der Waals surface area contributed by atoms with Gasteiger partial charge in [0.2, 0.25) is 5.91 Å². The summed E-state index contributed by atoms with van der Waals surface area (Å²) in [6.07, 6.45) is 23.2. The van der Waals surface area contributed by atoms with E-state index in [0.29, 0.717) is 12.8 Å². The number of carbonyl (C=O) groups is 1. The van der Waals surface area contributed by atoms with Gasteiger partial charge >= 0.3 is 7.82 Å². The fraction of sp³-hybridized carbons (Fsp3) is 0.933. The molecule has 1 rings (SSSR count). The van der Waals surface area contributed by atoms with Gasteiger partial charge in [0.15, 0.2) is 0 Å². The highest BCUT2D eigenvalue weighted by molar-refractivity contribution is 7.47. The number of amides is 1. The van der Waals surface area contributed by atoms with Gasteiger partial charge in [-0.25, -0.2) is 4.57 Å². The number of rotatable bonds is 39. The van der Waals surface area contributed by atoms with Crippen molar-refractivity contribution in [2.45, 2.75) is 261 Å². The summed E-state index contributed by atoms with van der Waals surface area (Å²) < 4.78 is 22.8. The summed E-state index contributed by atoms with van der Waals surface area (Å²) in [6.45, 7) is 3.72. The molecule has 13 nitrogen and oxygen atoms in total. The molecular formula is C45H88NO12P. The van der Waals surface area contributed by atoms with Crippen LogP contribution in [0.25, 0.3) is 0 Å². The predicted octanol–water partition coefficient (Wildman–Crippen LogP) is 7.81. The van der Waals surface area contributed by atoms with Crippen LogP contribution >= 0.6 is 7.82 Å². The second kappa shape index (κ2) is 35.5. The Hall–Kier alpha value is -0.960. The van der Waals surface area contributed by atoms with Crippen LogP contribution in [0.15, 0.2) is 12.2 Å². The number of nitrogens with one attached hydrogen (secondary N) is 1. The Labute approximate surface area is 357 Å². The van der Waals surface area contributed by atoms with E-state index in [9.17, 15) is 50.0 Å². The second-order valence-corrected chi connectivity index (χ2v) is 18.6. The van der Waals surface area contributed by atoms with Gasteiger partial charge in [-0.3, -0.25) is 13.8 Å². The van der Waals surface area contributed by atoms with Gasteiger partial charge in [0.1, 0.15) is 36.6 Å². The van der Waals surface area contributed by atoms with Gasteiger partial charge in [-0.2, -0.15) is 0 Å². The minimum Gasteiger partial charge on any atom is -0.393 e. The van der Waals surface area contributed by atoms with Crippen molar-refractivity contribution in [2.24, 2.45) is 0 Å². The van der Waals surface area contributed by atoms with E-state index in [1.54, 1.807) is 6.08 Å². The van der Waals surface area contributed by atoms with Crippen molar-refractivity contribution in [1.82, 2.24) is 5.32 Å². The molecule has 8 atom stereocenters. The highest BCUT2D eigenvalue weighted by Gasteiger charge is 2.51. The summed E-state index contributed by atoms with van der Waals surface area (Å²) in [6, 6.07) is -1.23. The van der Waals surface area contributed by atoms with Crippen LogP contribution in [0.3, 0.4) is 0 Å². The number of hydrogen-bond donors (Lipinski definition) is 9. The first kappa shape index (κ1) is 56.1. The van der Waals surface area contributed by atoms with Crippen LogP contribution in [-0.4, -0.2) is 108 Å². The molecule has 8 unspecified atom stereocenters. The molecule has 0 bridgehead atoms. The third-order valence-electron chi connectivity index (χ3n) is 11.6. The lowest BCUT2D eigenvalue weighted by Crippen LogP contribution is -2.64. The maximum atomic E-state index is 13.0. The first-order valence-electron chi connectivity index (χ1n) is 23.7. The van der Waals surface area contributed by atoms with Crippen molar-refractivity contribution in [1.29, 1.82) is 0 Å². The molecule has 1 fully saturated rings. The van der Waals surface area contributed by atoms with E-state index in [2.05, 4.69) is 19.2 Å². The van der Waals surface area contributed by atoms with Gasteiger partial charge in [-0.05, 0) is 19.3 Å². The SMILES string of the molecule is CCCCCCCCCC/C=C/C(O)C(COP(=O)(O)OC1C(O)C(O)C(O)C(O)C1O)NC(=O)CC(O)CCCCCCCCCCCCCCCCCCCCC. The van der Waals surface area contributed by atoms with Crippen molar-refractivity contribution in [3.63, 3.8) is 0 Å². The van der Waals surface area contributed by atoms with Gasteiger partial charge in [0.25, 0.3) is 0 Å². The molecule has 350 valence electrons. The van der Waals surface area contributed by atoms with Gasteiger partial charge in [0.05, 0.1) is 31.3 Å². The fourth-order valence-corrected chi connectivity index (χ4v) is 8.68. The maximum Gasteiger partial charge on any atom is 0.472 e. The summed E-state index contributed by atoms with van der Waals surface area (Å²) in [5, 5.41) is 74.3. The molecule has 9 N–H and O–H groups in total. The highest BCUT2D eigenvalue weighted by atomic mass is 31.2. The lowest BCUT2D eigenvalue weighted by atomic mass is 9.85. The molecule has 59 heavy (non-hydrogen) atoms. The summed E-state index contributed by atoms with van der Waals surface area (Å²) in [7, 11) is -5.13. The first-order valence-corrected chi connectivity index (χ1v) is 25.2. The third kappa shape index (κ3) is 27.7. The largest absolute Gasteiger partial charge is 0.472 e. The summed E-state index contributed by atoms with van der Waals surface area (Å²) in [4.78, 5) is 23.4. The van der Waals surface area contributed by atoms with Crippen molar-refractivity contribution < 1.29 is 59.0 Å². The molecule has 1 saturated carbocycles. The Bertz CT molecular complexity index is 1070. The molecule has 1 aliphatic carbocycles. The summed E-state index contributed by atoms with van der Waals surface area (Å²) >= 11 is 0. The standard InChI is InChI=1S/C45H88NO12P/c1-3-5-7-9-11-13-15-16-17-18-19-20-21-22-23-24-26-28-30-32-36(47)34-39(49)46-37(38(48)33-31-29-27-25-14-12-10-8-6-4-2)35-57-59(55,56)58-45-43(53)41(51)40(50)42(52)44(45)54/h31,33,36-38,40-45,47-48,50-54H,3-30,32,34-35H2,1-2H3,(H,46,49)(H,55,56)/b33-31+. The number of phosphoric acid groups is 1. The molecule has 0 saturated heterocycles. The van der Waals surface area contributed by atoms with E-state index in [-0.39, 0.29) is 6.42 Å². The highest BCUT2D eigenvalue weighted by Crippen LogP contribution is 2.47. The van der Waals surface area contributed by atoms with Crippen LogP contribution in [0, 0.1) is 0 Å². The lowest BCUT2D eigenvalue weighted by molar-refractivity contribution is -0.220. The molecule has 0 aromatic carbocycles. The van der Waals surface area contributed by atoms with Gasteiger partial charge in [-0.1, -0.05) is 193 Å². The number of unbranched alkanes of at least 4 members (excludes halogenated alkanes) is 26. The Morgan fingerprint density at radius 1 is 0.593 bits per heavy atom. The third-order valence-corrected chi connectivity index (χ3v) is 12.6. The first-order chi connectivity index (χ1) is 28.3. The van der Waals surface area contributed by atoms with Crippen LogP contribution < -0.4 is 5.32 Å². The minimum absolute atomic E-state index is 0.240. The van der Waals surface area contributed by atoms with Gasteiger partial charge in [-0.15, -0.1) is 0 Å². The molecule has 0 aliphatic heterocycles. The van der Waals surface area contributed by atoms with Crippen molar-refractivity contribution in [3.05, 3.63) is 12.2 Å². The number of allylic oxidation sites excluding steroid dienone is 1. The normalized spacial score (nSPS) is 23.6. The molecule has 0 spiro atoms. The number of phosphoric ester groups is 1. The Balaban J connectivity index is 2.45. The molecule has 0 radical (unpaired) electrons. The van der Waals surface area contributed by atoms with Crippen LogP contribution in [0.4, 0.5) is 0 Å². The van der Waals surface area contributed by atoms with Gasteiger partial charge < -0.3 is 46.0 Å². The lowest BCUT2D eigenvalue weighted by Gasteiger charge is -2.41. The van der Waals surface area contributed by atoms with Crippen LogP contribution in [0.5, 0.6) is 0 Å². The number of aliphatic hydroxyl groups is 7. The van der Waals surface area contributed by atoms with Gasteiger partial charge in [0, 0.05) is 0 Å². The zero-order valence-electron chi connectivity index (χ0n) is 36.9. The molecule has 0 aromatic rings. The van der Waals surface area contributed by atoms with Crippen LogP contribution in [0.1, 0.15) is 206 Å². The van der Waals surface area contributed by atoms with E-state index >= 15 is 0 Å².